The van der Waals surface area contributed by atoms with Crippen LogP contribution in [-0.4, -0.2) is 34.3 Å². The monoisotopic (exact) mass is 547 g/mol. The smallest absolute Gasteiger partial charge is 0.250 e. The Kier molecular flexibility index (Phi) is 8.53. The third-order valence-corrected chi connectivity index (χ3v) is 6.53. The second kappa shape index (κ2) is 12.6. The predicted octanol–water partition coefficient (Wildman–Crippen LogP) is 6.94. The number of hydrazone groups is 1. The summed E-state index contributed by atoms with van der Waals surface area (Å²) in [4.78, 5) is 16.0. The molecule has 0 spiro atoms. The lowest BCUT2D eigenvalue weighted by atomic mass is 10.1. The molecule has 3 aromatic carbocycles. The molecule has 1 aliphatic heterocycles. The number of piperidine rings is 1. The molecular weight excluding hydrogens is 521 g/mol. The standard InChI is InChI=1S/C28H27Cl2N7O/c29-22-13-12-21(25(30)17-22)19-38-24-11-7-8-20(16-24)18-31-36-27-33-26(32-23-9-3-1-4-10-23)34-28(35-27)37-14-5-2-6-15-37/h1,3-4,7-13,16-18H,2,5-6,14-15,19H2,(H2,32,33,34,35,36)/b31-18+. The van der Waals surface area contributed by atoms with Crippen molar-refractivity contribution in [3.05, 3.63) is 94.0 Å². The van der Waals surface area contributed by atoms with E-state index in [1.165, 1.54) is 6.42 Å². The molecule has 5 rings (SSSR count). The van der Waals surface area contributed by atoms with Crippen LogP contribution in [0, 0.1) is 0 Å². The summed E-state index contributed by atoms with van der Waals surface area (Å²) in [5.41, 5.74) is 5.57. The van der Waals surface area contributed by atoms with Crippen LogP contribution in [0.3, 0.4) is 0 Å². The van der Waals surface area contributed by atoms with Gasteiger partial charge < -0.3 is 15.0 Å². The van der Waals surface area contributed by atoms with Gasteiger partial charge in [-0.05, 0) is 61.2 Å². The van der Waals surface area contributed by atoms with E-state index in [0.717, 1.165) is 42.7 Å². The van der Waals surface area contributed by atoms with Crippen molar-refractivity contribution < 1.29 is 4.74 Å². The average Bonchev–Trinajstić information content (AvgIpc) is 2.94. The molecule has 0 unspecified atom stereocenters. The van der Waals surface area contributed by atoms with Crippen LogP contribution < -0.4 is 20.4 Å². The van der Waals surface area contributed by atoms with E-state index in [1.807, 2.05) is 60.7 Å². The summed E-state index contributed by atoms with van der Waals surface area (Å²) in [5.74, 6) is 2.15. The summed E-state index contributed by atoms with van der Waals surface area (Å²) in [6.45, 7) is 2.17. The number of nitrogens with zero attached hydrogens (tertiary/aromatic N) is 5. The molecule has 8 nitrogen and oxygen atoms in total. The van der Waals surface area contributed by atoms with Gasteiger partial charge >= 0.3 is 0 Å². The minimum Gasteiger partial charge on any atom is -0.489 e. The zero-order valence-electron chi connectivity index (χ0n) is 20.6. The first-order valence-corrected chi connectivity index (χ1v) is 13.2. The SMILES string of the molecule is Clc1ccc(COc2cccc(/C=N/Nc3nc(Nc4ccccc4)nc(N4CCCCC4)n3)c2)c(Cl)c1. The largest absolute Gasteiger partial charge is 0.489 e. The fourth-order valence-electron chi connectivity index (χ4n) is 4.01. The molecule has 0 amide bonds. The number of anilines is 4. The average molecular weight is 548 g/mol. The van der Waals surface area contributed by atoms with E-state index in [-0.39, 0.29) is 0 Å². The molecule has 38 heavy (non-hydrogen) atoms. The molecule has 4 aromatic rings. The Labute approximate surface area is 231 Å². The second-order valence-corrected chi connectivity index (χ2v) is 9.63. The summed E-state index contributed by atoms with van der Waals surface area (Å²) in [7, 11) is 0. The zero-order valence-corrected chi connectivity index (χ0v) is 22.2. The number of hydrogen-bond acceptors (Lipinski definition) is 8. The number of halogens is 2. The summed E-state index contributed by atoms with van der Waals surface area (Å²) in [6.07, 6.45) is 5.16. The minimum atomic E-state index is 0.330. The maximum Gasteiger partial charge on any atom is 0.250 e. The van der Waals surface area contributed by atoms with Gasteiger partial charge in [0.1, 0.15) is 12.4 Å². The van der Waals surface area contributed by atoms with Crippen molar-refractivity contribution in [3.8, 4) is 5.75 Å². The molecule has 1 aromatic heterocycles. The maximum absolute atomic E-state index is 6.25. The van der Waals surface area contributed by atoms with E-state index in [0.29, 0.717) is 40.2 Å². The predicted molar refractivity (Wildman–Crippen MR) is 154 cm³/mol. The van der Waals surface area contributed by atoms with Crippen LogP contribution in [0.25, 0.3) is 0 Å². The molecule has 0 atom stereocenters. The normalized spacial score (nSPS) is 13.5. The highest BCUT2D eigenvalue weighted by Crippen LogP contribution is 2.23. The van der Waals surface area contributed by atoms with Gasteiger partial charge in [0.2, 0.25) is 17.8 Å². The van der Waals surface area contributed by atoms with Crippen molar-refractivity contribution in [2.45, 2.75) is 25.9 Å². The fourth-order valence-corrected chi connectivity index (χ4v) is 4.47. The molecule has 0 saturated carbocycles. The molecule has 2 N–H and O–H groups in total. The topological polar surface area (TPSA) is 87.6 Å². The van der Waals surface area contributed by atoms with Gasteiger partial charge in [-0.3, -0.25) is 0 Å². The number of nitrogens with one attached hydrogen (secondary N) is 2. The molecule has 0 aliphatic carbocycles. The van der Waals surface area contributed by atoms with Gasteiger partial charge in [0, 0.05) is 34.4 Å². The third kappa shape index (κ3) is 7.12. The third-order valence-electron chi connectivity index (χ3n) is 5.94. The van der Waals surface area contributed by atoms with Gasteiger partial charge in [0.15, 0.2) is 0 Å². The Morgan fingerprint density at radius 1 is 0.868 bits per heavy atom. The number of benzene rings is 3. The quantitative estimate of drug-likeness (QED) is 0.173. The van der Waals surface area contributed by atoms with Gasteiger partial charge in [0.05, 0.1) is 6.21 Å². The van der Waals surface area contributed by atoms with Crippen molar-refractivity contribution in [2.75, 3.05) is 28.7 Å². The summed E-state index contributed by atoms with van der Waals surface area (Å²) in [5, 5.41) is 8.79. The molecule has 0 bridgehead atoms. The number of aromatic nitrogens is 3. The number of para-hydroxylation sites is 1. The van der Waals surface area contributed by atoms with Crippen LogP contribution in [0.2, 0.25) is 10.0 Å². The Balaban J connectivity index is 1.28. The Morgan fingerprint density at radius 3 is 2.50 bits per heavy atom. The second-order valence-electron chi connectivity index (χ2n) is 8.79. The first-order valence-electron chi connectivity index (χ1n) is 12.4. The fraction of sp³-hybridized carbons (Fsp3) is 0.214. The van der Waals surface area contributed by atoms with Crippen LogP contribution in [0.1, 0.15) is 30.4 Å². The van der Waals surface area contributed by atoms with Crippen LogP contribution in [-0.2, 0) is 6.61 Å². The van der Waals surface area contributed by atoms with Gasteiger partial charge in [-0.25, -0.2) is 5.43 Å². The number of ether oxygens (including phenoxy) is 1. The van der Waals surface area contributed by atoms with Gasteiger partial charge in [0.25, 0.3) is 0 Å². The van der Waals surface area contributed by atoms with Gasteiger partial charge in [-0.2, -0.15) is 20.1 Å². The lowest BCUT2D eigenvalue weighted by molar-refractivity contribution is 0.306. The van der Waals surface area contributed by atoms with Crippen molar-refractivity contribution in [1.82, 2.24) is 15.0 Å². The van der Waals surface area contributed by atoms with Crippen molar-refractivity contribution in [3.63, 3.8) is 0 Å². The van der Waals surface area contributed by atoms with Crippen molar-refractivity contribution in [1.29, 1.82) is 0 Å². The Morgan fingerprint density at radius 2 is 1.68 bits per heavy atom. The highest BCUT2D eigenvalue weighted by atomic mass is 35.5. The highest BCUT2D eigenvalue weighted by molar-refractivity contribution is 6.35. The zero-order chi connectivity index (χ0) is 26.2. The first kappa shape index (κ1) is 25.8. The summed E-state index contributed by atoms with van der Waals surface area (Å²) >= 11 is 12.2. The minimum absolute atomic E-state index is 0.330. The molecular formula is C28H27Cl2N7O. The first-order chi connectivity index (χ1) is 18.6. The Hall–Kier alpha value is -3.88. The van der Waals surface area contributed by atoms with Crippen molar-refractivity contribution in [2.24, 2.45) is 5.10 Å². The van der Waals surface area contributed by atoms with E-state index in [1.54, 1.807) is 18.3 Å². The highest BCUT2D eigenvalue weighted by Gasteiger charge is 2.16. The van der Waals surface area contributed by atoms with Crippen LogP contribution in [0.5, 0.6) is 5.75 Å². The van der Waals surface area contributed by atoms with Gasteiger partial charge in [-0.1, -0.05) is 59.6 Å². The lowest BCUT2D eigenvalue weighted by Crippen LogP contribution is -2.31. The van der Waals surface area contributed by atoms with Crippen LogP contribution in [0.4, 0.5) is 23.5 Å². The molecule has 10 heteroatoms. The molecule has 2 heterocycles. The van der Waals surface area contributed by atoms with Crippen LogP contribution in [0.15, 0.2) is 77.9 Å². The molecule has 1 fully saturated rings. The van der Waals surface area contributed by atoms with Crippen molar-refractivity contribution >= 4 is 52.9 Å². The summed E-state index contributed by atoms with van der Waals surface area (Å²) in [6, 6.07) is 22.8. The maximum atomic E-state index is 6.25. The molecule has 1 aliphatic rings. The van der Waals surface area contributed by atoms with E-state index in [9.17, 15) is 0 Å². The Bertz CT molecular complexity index is 1400. The molecule has 0 radical (unpaired) electrons. The van der Waals surface area contributed by atoms with E-state index in [2.05, 4.69) is 35.7 Å². The van der Waals surface area contributed by atoms with E-state index in [4.69, 9.17) is 27.9 Å². The summed E-state index contributed by atoms with van der Waals surface area (Å²) < 4.78 is 5.92. The van der Waals surface area contributed by atoms with E-state index < -0.39 is 0 Å². The van der Waals surface area contributed by atoms with E-state index >= 15 is 0 Å². The van der Waals surface area contributed by atoms with Crippen LogP contribution >= 0.6 is 23.2 Å². The van der Waals surface area contributed by atoms with Gasteiger partial charge in [-0.15, -0.1) is 0 Å². The number of hydrogen-bond donors (Lipinski definition) is 2. The molecule has 1 saturated heterocycles. The molecule has 194 valence electrons. The number of rotatable bonds is 9. The lowest BCUT2D eigenvalue weighted by Gasteiger charge is -2.26.